The first-order valence-electron chi connectivity index (χ1n) is 16.6. The normalized spacial score (nSPS) is 13.8. The molecule has 0 saturated heterocycles. The van der Waals surface area contributed by atoms with E-state index in [9.17, 15) is 9.59 Å². The topological polar surface area (TPSA) is 71.1 Å². The van der Waals surface area contributed by atoms with Gasteiger partial charge in [-0.3, -0.25) is 0 Å². The van der Waals surface area contributed by atoms with Gasteiger partial charge in [0.05, 0.1) is 0 Å². The van der Waals surface area contributed by atoms with Gasteiger partial charge < -0.3 is 18.9 Å². The molecule has 0 bridgehead atoms. The standard InChI is InChI=1S/C38H51ClO6/c1-7-9-11-13-17-29(44-37(40)26(3)4)24-42-35-31-19-15-16-20-32(31)36(34-23-28(39)21-22-33(34)35)43-25-30(18-14-12-10-8-2)45-38(41)27(5)6/h15-16,19-21,29-30H,3,5,7-14,17-18,22-25H2,1-2,4,6H3. The second-order valence-electron chi connectivity index (χ2n) is 12.1. The van der Waals surface area contributed by atoms with Gasteiger partial charge in [0.2, 0.25) is 0 Å². The third-order valence-corrected chi connectivity index (χ3v) is 8.32. The van der Waals surface area contributed by atoms with Gasteiger partial charge >= 0.3 is 11.9 Å². The Hall–Kier alpha value is -3.25. The van der Waals surface area contributed by atoms with Crippen LogP contribution in [0.3, 0.4) is 0 Å². The van der Waals surface area contributed by atoms with E-state index in [1.54, 1.807) is 13.8 Å². The molecule has 0 heterocycles. The highest BCUT2D eigenvalue weighted by Gasteiger charge is 2.27. The molecule has 0 fully saturated rings. The lowest BCUT2D eigenvalue weighted by molar-refractivity contribution is -0.147. The molecule has 2 aromatic carbocycles. The Morgan fingerprint density at radius 2 is 1.22 bits per heavy atom. The molecule has 0 N–H and O–H groups in total. The van der Waals surface area contributed by atoms with Crippen LogP contribution in [0.15, 0.2) is 59.7 Å². The SMILES string of the molecule is C=C(C)C(=O)OC(CCCCCC)COc1c2c(c(OCC(CCCCCC)OC(=O)C(=C)C)c3ccccc13)CC(Cl)=CC2. The number of unbranched alkanes of at least 4 members (excludes halogenated alkanes) is 6. The fraction of sp³-hybridized carbons (Fsp3) is 0.526. The van der Waals surface area contributed by atoms with Crippen molar-refractivity contribution in [1.29, 1.82) is 0 Å². The Morgan fingerprint density at radius 3 is 1.67 bits per heavy atom. The third kappa shape index (κ3) is 11.0. The second kappa shape index (κ2) is 18.7. The Morgan fingerprint density at radius 1 is 0.756 bits per heavy atom. The summed E-state index contributed by atoms with van der Waals surface area (Å²) in [5.41, 5.74) is 2.70. The summed E-state index contributed by atoms with van der Waals surface area (Å²) in [7, 11) is 0. The van der Waals surface area contributed by atoms with Gasteiger partial charge in [-0.25, -0.2) is 9.59 Å². The average Bonchev–Trinajstić information content (AvgIpc) is 3.02. The van der Waals surface area contributed by atoms with Gasteiger partial charge in [-0.2, -0.15) is 0 Å². The molecular weight excluding hydrogens is 588 g/mol. The molecule has 7 heteroatoms. The first-order chi connectivity index (χ1) is 21.7. The molecule has 45 heavy (non-hydrogen) atoms. The number of fused-ring (bicyclic) bond motifs is 2. The van der Waals surface area contributed by atoms with Crippen molar-refractivity contribution in [3.05, 3.63) is 70.8 Å². The van der Waals surface area contributed by atoms with Crippen LogP contribution in [0.5, 0.6) is 11.5 Å². The summed E-state index contributed by atoms with van der Waals surface area (Å²) >= 11 is 6.60. The molecule has 1 aliphatic rings. The number of hydrogen-bond acceptors (Lipinski definition) is 6. The highest BCUT2D eigenvalue weighted by Crippen LogP contribution is 2.44. The Kier molecular flexibility index (Phi) is 15.0. The van der Waals surface area contributed by atoms with Crippen molar-refractivity contribution in [2.24, 2.45) is 0 Å². The van der Waals surface area contributed by atoms with Gasteiger partial charge in [-0.1, -0.05) is 107 Å². The van der Waals surface area contributed by atoms with Crippen LogP contribution in [-0.4, -0.2) is 37.4 Å². The van der Waals surface area contributed by atoms with E-state index in [-0.39, 0.29) is 13.2 Å². The van der Waals surface area contributed by atoms with Crippen molar-refractivity contribution in [3.63, 3.8) is 0 Å². The highest BCUT2D eigenvalue weighted by atomic mass is 35.5. The van der Waals surface area contributed by atoms with Crippen LogP contribution >= 0.6 is 11.6 Å². The fourth-order valence-corrected chi connectivity index (χ4v) is 5.68. The lowest BCUT2D eigenvalue weighted by Gasteiger charge is -2.27. The number of hydrogen-bond donors (Lipinski definition) is 0. The molecule has 2 aromatic rings. The molecule has 0 aromatic heterocycles. The Labute approximate surface area is 274 Å². The summed E-state index contributed by atoms with van der Waals surface area (Å²) in [6, 6.07) is 7.99. The molecule has 2 unspecified atom stereocenters. The first-order valence-corrected chi connectivity index (χ1v) is 16.9. The molecule has 0 spiro atoms. The van der Waals surface area contributed by atoms with Crippen molar-refractivity contribution in [3.8, 4) is 11.5 Å². The van der Waals surface area contributed by atoms with Crippen LogP contribution < -0.4 is 9.47 Å². The molecule has 6 nitrogen and oxygen atoms in total. The number of ether oxygens (including phenoxy) is 4. The minimum Gasteiger partial charge on any atom is -0.489 e. The molecule has 1 aliphatic carbocycles. The molecule has 0 saturated carbocycles. The summed E-state index contributed by atoms with van der Waals surface area (Å²) in [5.74, 6) is 0.676. The van der Waals surface area contributed by atoms with E-state index in [0.29, 0.717) is 36.8 Å². The number of rotatable bonds is 20. The van der Waals surface area contributed by atoms with Gasteiger partial charge in [0, 0.05) is 44.5 Å². The van der Waals surface area contributed by atoms with Crippen LogP contribution in [0.25, 0.3) is 10.8 Å². The minimum atomic E-state index is -0.405. The van der Waals surface area contributed by atoms with E-state index in [4.69, 9.17) is 30.5 Å². The summed E-state index contributed by atoms with van der Waals surface area (Å²) in [5, 5.41) is 2.54. The van der Waals surface area contributed by atoms with Gasteiger partial charge in [-0.05, 0) is 46.0 Å². The van der Waals surface area contributed by atoms with Crippen LogP contribution in [0, 0.1) is 0 Å². The summed E-state index contributed by atoms with van der Waals surface area (Å²) < 4.78 is 24.8. The first kappa shape index (κ1) is 36.2. The lowest BCUT2D eigenvalue weighted by Crippen LogP contribution is -2.27. The monoisotopic (exact) mass is 638 g/mol. The van der Waals surface area contributed by atoms with Crippen molar-refractivity contribution >= 4 is 34.3 Å². The number of halogens is 1. The Bertz CT molecular complexity index is 1360. The molecule has 0 amide bonds. The second-order valence-corrected chi connectivity index (χ2v) is 12.6. The largest absolute Gasteiger partial charge is 0.489 e. The van der Waals surface area contributed by atoms with Gasteiger partial charge in [0.1, 0.15) is 36.9 Å². The number of carbonyl (C=O) groups is 2. The van der Waals surface area contributed by atoms with E-state index in [1.807, 2.05) is 30.3 Å². The molecule has 3 rings (SSSR count). The molecule has 0 aliphatic heterocycles. The molecular formula is C38H51ClO6. The van der Waals surface area contributed by atoms with Crippen molar-refractivity contribution in [2.75, 3.05) is 13.2 Å². The van der Waals surface area contributed by atoms with Crippen molar-refractivity contribution in [2.45, 2.75) is 117 Å². The number of benzene rings is 2. The minimum absolute atomic E-state index is 0.222. The van der Waals surface area contributed by atoms with E-state index in [0.717, 1.165) is 89.8 Å². The van der Waals surface area contributed by atoms with Gasteiger partial charge in [0.25, 0.3) is 0 Å². The Balaban J connectivity index is 1.93. The lowest BCUT2D eigenvalue weighted by atomic mass is 9.90. The third-order valence-electron chi connectivity index (χ3n) is 8.03. The van der Waals surface area contributed by atoms with Crippen LogP contribution in [0.2, 0.25) is 0 Å². The quantitative estimate of drug-likeness (QED) is 0.0817. The maximum atomic E-state index is 12.5. The van der Waals surface area contributed by atoms with E-state index in [2.05, 4.69) is 27.0 Å². The average molecular weight is 639 g/mol. The van der Waals surface area contributed by atoms with Gasteiger partial charge in [0.15, 0.2) is 0 Å². The maximum Gasteiger partial charge on any atom is 0.333 e. The zero-order chi connectivity index (χ0) is 32.8. The number of esters is 2. The molecule has 246 valence electrons. The smallest absolute Gasteiger partial charge is 0.333 e. The zero-order valence-corrected chi connectivity index (χ0v) is 28.4. The molecule has 2 atom stereocenters. The van der Waals surface area contributed by atoms with Crippen LogP contribution in [0.1, 0.15) is 103 Å². The van der Waals surface area contributed by atoms with E-state index >= 15 is 0 Å². The summed E-state index contributed by atoms with van der Waals surface area (Å²) in [6.07, 6.45) is 12.3. The molecule has 0 radical (unpaired) electrons. The predicted molar refractivity (Wildman–Crippen MR) is 183 cm³/mol. The maximum absolute atomic E-state index is 12.5. The van der Waals surface area contributed by atoms with Crippen molar-refractivity contribution in [1.82, 2.24) is 0 Å². The fourth-order valence-electron chi connectivity index (χ4n) is 5.47. The summed E-state index contributed by atoms with van der Waals surface area (Å²) in [6.45, 7) is 15.6. The van der Waals surface area contributed by atoms with E-state index < -0.39 is 24.1 Å². The van der Waals surface area contributed by atoms with Crippen LogP contribution in [-0.2, 0) is 31.9 Å². The summed E-state index contributed by atoms with van der Waals surface area (Å²) in [4.78, 5) is 24.9. The van der Waals surface area contributed by atoms with Crippen LogP contribution in [0.4, 0.5) is 0 Å². The zero-order valence-electron chi connectivity index (χ0n) is 27.7. The highest BCUT2D eigenvalue weighted by molar-refractivity contribution is 6.30. The number of carbonyl (C=O) groups excluding carboxylic acids is 2. The van der Waals surface area contributed by atoms with E-state index in [1.165, 1.54) is 0 Å². The van der Waals surface area contributed by atoms with Crippen molar-refractivity contribution < 1.29 is 28.5 Å². The van der Waals surface area contributed by atoms with Gasteiger partial charge in [-0.15, -0.1) is 0 Å². The number of allylic oxidation sites excluding steroid dienone is 2. The predicted octanol–water partition coefficient (Wildman–Crippen LogP) is 9.74.